The average molecular weight is 556 g/mol. The van der Waals surface area contributed by atoms with Crippen LogP contribution in [0.4, 0.5) is 0 Å². The van der Waals surface area contributed by atoms with Crippen LogP contribution in [0.5, 0.6) is 0 Å². The highest BCUT2D eigenvalue weighted by molar-refractivity contribution is 9.11. The van der Waals surface area contributed by atoms with Gasteiger partial charge in [0.25, 0.3) is 5.91 Å². The van der Waals surface area contributed by atoms with Gasteiger partial charge >= 0.3 is 0 Å². The number of aromatic nitrogens is 3. The predicted octanol–water partition coefficient (Wildman–Crippen LogP) is 4.48. The molecule has 2 atom stereocenters. The smallest absolute Gasteiger partial charge is 0.268 e. The molecular formula is C21H22Br2ClN5O. The molecule has 1 saturated heterocycles. The maximum atomic E-state index is 13.2. The number of amides is 1. The van der Waals surface area contributed by atoms with Gasteiger partial charge in [-0.25, -0.2) is 0 Å². The SMILES string of the molecule is Cn1ncc(Br)c1-c1cc(C(=O)N[C@@H]2CNCC[C@H]2c2ccc(Cl)cc2)n(C)c1Br. The number of hydrogen-bond acceptors (Lipinski definition) is 3. The molecule has 0 bridgehead atoms. The first-order valence-electron chi connectivity index (χ1n) is 9.67. The Morgan fingerprint density at radius 2 is 2.00 bits per heavy atom. The van der Waals surface area contributed by atoms with Gasteiger partial charge in [-0.3, -0.25) is 9.48 Å². The van der Waals surface area contributed by atoms with E-state index < -0.39 is 0 Å². The van der Waals surface area contributed by atoms with Gasteiger partial charge in [-0.1, -0.05) is 23.7 Å². The minimum absolute atomic E-state index is 0.00649. The highest BCUT2D eigenvalue weighted by Gasteiger charge is 2.29. The van der Waals surface area contributed by atoms with Crippen LogP contribution >= 0.6 is 43.5 Å². The summed E-state index contributed by atoms with van der Waals surface area (Å²) in [5.74, 6) is 0.136. The van der Waals surface area contributed by atoms with Gasteiger partial charge in [0.15, 0.2) is 0 Å². The third-order valence-corrected chi connectivity index (χ3v) is 7.43. The van der Waals surface area contributed by atoms with E-state index in [2.05, 4.69) is 59.7 Å². The molecule has 30 heavy (non-hydrogen) atoms. The second-order valence-corrected chi connectivity index (χ2v) is 9.53. The van der Waals surface area contributed by atoms with Gasteiger partial charge < -0.3 is 15.2 Å². The Hall–Kier alpha value is -1.61. The standard InChI is InChI=1S/C21H22Br2ClN5O/c1-28-18(9-15(20(28)23)19-16(22)10-26-29(19)2)21(30)27-17-11-25-8-7-14(17)12-3-5-13(24)6-4-12/h3-6,9-10,14,17,25H,7-8,11H2,1-2H3,(H,27,30)/t14-,17+/m0/s1. The minimum atomic E-state index is -0.101. The fraction of sp³-hybridized carbons (Fsp3) is 0.333. The van der Waals surface area contributed by atoms with Gasteiger partial charge in [0.1, 0.15) is 5.69 Å². The van der Waals surface area contributed by atoms with E-state index in [-0.39, 0.29) is 17.9 Å². The van der Waals surface area contributed by atoms with Crippen molar-refractivity contribution in [3.8, 4) is 11.3 Å². The van der Waals surface area contributed by atoms with Gasteiger partial charge in [-0.05, 0) is 68.6 Å². The Balaban J connectivity index is 1.60. The normalized spacial score (nSPS) is 19.1. The van der Waals surface area contributed by atoms with Crippen LogP contribution in [0.15, 0.2) is 45.6 Å². The zero-order valence-electron chi connectivity index (χ0n) is 16.6. The van der Waals surface area contributed by atoms with Gasteiger partial charge in [0.2, 0.25) is 0 Å². The van der Waals surface area contributed by atoms with Crippen LogP contribution in [-0.2, 0) is 14.1 Å². The fourth-order valence-electron chi connectivity index (χ4n) is 4.04. The molecule has 9 heteroatoms. The molecule has 0 unspecified atom stereocenters. The van der Waals surface area contributed by atoms with Crippen molar-refractivity contribution in [3.05, 3.63) is 61.9 Å². The summed E-state index contributed by atoms with van der Waals surface area (Å²) < 4.78 is 5.35. The van der Waals surface area contributed by atoms with E-state index in [9.17, 15) is 4.79 Å². The summed E-state index contributed by atoms with van der Waals surface area (Å²) in [6.45, 7) is 1.65. The third kappa shape index (κ3) is 4.10. The lowest BCUT2D eigenvalue weighted by Gasteiger charge is -2.33. The average Bonchev–Trinajstić information content (AvgIpc) is 3.21. The molecule has 2 N–H and O–H groups in total. The maximum absolute atomic E-state index is 13.2. The zero-order valence-corrected chi connectivity index (χ0v) is 20.6. The van der Waals surface area contributed by atoms with Crippen LogP contribution < -0.4 is 10.6 Å². The molecule has 1 aliphatic heterocycles. The first-order valence-corrected chi connectivity index (χ1v) is 11.6. The Labute approximate surface area is 197 Å². The minimum Gasteiger partial charge on any atom is -0.346 e. The maximum Gasteiger partial charge on any atom is 0.268 e. The Kier molecular flexibility index (Phi) is 6.39. The van der Waals surface area contributed by atoms with Crippen molar-refractivity contribution >= 4 is 49.4 Å². The molecular weight excluding hydrogens is 534 g/mol. The molecule has 1 fully saturated rings. The molecule has 1 aliphatic rings. The number of piperidine rings is 1. The van der Waals surface area contributed by atoms with E-state index in [1.54, 1.807) is 10.9 Å². The van der Waals surface area contributed by atoms with E-state index >= 15 is 0 Å². The molecule has 0 aliphatic carbocycles. The number of halogens is 3. The van der Waals surface area contributed by atoms with Crippen LogP contribution in [0, 0.1) is 0 Å². The highest BCUT2D eigenvalue weighted by atomic mass is 79.9. The summed E-state index contributed by atoms with van der Waals surface area (Å²) in [6, 6.07) is 9.81. The summed E-state index contributed by atoms with van der Waals surface area (Å²) in [5.41, 5.74) is 3.60. The van der Waals surface area contributed by atoms with Crippen molar-refractivity contribution in [2.45, 2.75) is 18.4 Å². The zero-order chi connectivity index (χ0) is 21.4. The largest absolute Gasteiger partial charge is 0.346 e. The van der Waals surface area contributed by atoms with E-state index in [0.29, 0.717) is 5.69 Å². The number of nitrogens with one attached hydrogen (secondary N) is 2. The van der Waals surface area contributed by atoms with Crippen molar-refractivity contribution < 1.29 is 4.79 Å². The van der Waals surface area contributed by atoms with Gasteiger partial charge in [-0.15, -0.1) is 0 Å². The lowest BCUT2D eigenvalue weighted by atomic mass is 9.86. The van der Waals surface area contributed by atoms with Gasteiger partial charge in [0.05, 0.1) is 21.0 Å². The quantitative estimate of drug-likeness (QED) is 0.499. The van der Waals surface area contributed by atoms with Crippen LogP contribution in [-0.4, -0.2) is 39.4 Å². The lowest BCUT2D eigenvalue weighted by molar-refractivity contribution is 0.0916. The second-order valence-electron chi connectivity index (χ2n) is 7.49. The Bertz CT molecular complexity index is 1060. The molecule has 0 spiro atoms. The summed E-state index contributed by atoms with van der Waals surface area (Å²) in [7, 11) is 3.76. The molecule has 158 valence electrons. The van der Waals surface area contributed by atoms with E-state index in [0.717, 1.165) is 44.9 Å². The number of benzene rings is 1. The molecule has 2 aromatic heterocycles. The Morgan fingerprint density at radius 1 is 1.27 bits per heavy atom. The van der Waals surface area contributed by atoms with Crippen molar-refractivity contribution in [1.29, 1.82) is 0 Å². The number of carbonyl (C=O) groups is 1. The van der Waals surface area contributed by atoms with Crippen molar-refractivity contribution in [1.82, 2.24) is 25.0 Å². The number of aryl methyl sites for hydroxylation is 1. The van der Waals surface area contributed by atoms with Crippen molar-refractivity contribution in [2.24, 2.45) is 14.1 Å². The number of carbonyl (C=O) groups excluding carboxylic acids is 1. The second kappa shape index (κ2) is 8.86. The fourth-order valence-corrected chi connectivity index (χ4v) is 5.22. The van der Waals surface area contributed by atoms with E-state index in [1.807, 2.05) is 36.9 Å². The summed E-state index contributed by atoms with van der Waals surface area (Å²) in [6.07, 6.45) is 2.70. The monoisotopic (exact) mass is 553 g/mol. The molecule has 6 nitrogen and oxygen atoms in total. The molecule has 0 radical (unpaired) electrons. The summed E-state index contributed by atoms with van der Waals surface area (Å²) in [4.78, 5) is 13.2. The number of hydrogen-bond donors (Lipinski definition) is 2. The summed E-state index contributed by atoms with van der Waals surface area (Å²) >= 11 is 13.2. The summed E-state index contributed by atoms with van der Waals surface area (Å²) in [5, 5.41) is 11.6. The topological polar surface area (TPSA) is 63.9 Å². The molecule has 3 aromatic rings. The van der Waals surface area contributed by atoms with Gasteiger partial charge in [-0.2, -0.15) is 5.10 Å². The molecule has 4 rings (SSSR count). The van der Waals surface area contributed by atoms with E-state index in [4.69, 9.17) is 11.6 Å². The third-order valence-electron chi connectivity index (χ3n) is 5.64. The van der Waals surface area contributed by atoms with Crippen LogP contribution in [0.1, 0.15) is 28.4 Å². The number of rotatable bonds is 4. The van der Waals surface area contributed by atoms with E-state index in [1.165, 1.54) is 5.56 Å². The molecule has 3 heterocycles. The molecule has 0 saturated carbocycles. The first-order chi connectivity index (χ1) is 14.4. The van der Waals surface area contributed by atoms with Crippen LogP contribution in [0.25, 0.3) is 11.3 Å². The van der Waals surface area contributed by atoms with Crippen molar-refractivity contribution in [3.63, 3.8) is 0 Å². The Morgan fingerprint density at radius 3 is 2.67 bits per heavy atom. The number of nitrogens with zero attached hydrogens (tertiary/aromatic N) is 3. The van der Waals surface area contributed by atoms with Gasteiger partial charge in [0, 0.05) is 43.2 Å². The van der Waals surface area contributed by atoms with Crippen LogP contribution in [0.3, 0.4) is 0 Å². The molecule has 1 amide bonds. The first kappa shape index (κ1) is 21.6. The predicted molar refractivity (Wildman–Crippen MR) is 126 cm³/mol. The highest BCUT2D eigenvalue weighted by Crippen LogP contribution is 2.35. The van der Waals surface area contributed by atoms with Crippen LogP contribution in [0.2, 0.25) is 5.02 Å². The van der Waals surface area contributed by atoms with Crippen molar-refractivity contribution in [2.75, 3.05) is 13.1 Å². The lowest BCUT2D eigenvalue weighted by Crippen LogP contribution is -2.50. The molecule has 1 aromatic carbocycles.